The summed E-state index contributed by atoms with van der Waals surface area (Å²) in [4.78, 5) is 0. The van der Waals surface area contributed by atoms with Crippen LogP contribution in [-0.4, -0.2) is 5.71 Å². The van der Waals surface area contributed by atoms with Gasteiger partial charge in [-0.05, 0) is 13.0 Å². The van der Waals surface area contributed by atoms with Crippen LogP contribution in [0.4, 0.5) is 5.69 Å². The molecule has 0 fully saturated rings. The Kier molecular flexibility index (Phi) is 1.71. The molecule has 0 heterocycles. The monoisotopic (exact) mass is 134 g/mol. The maximum Gasteiger partial charge on any atom is 0.0405 e. The van der Waals surface area contributed by atoms with Gasteiger partial charge in [0, 0.05) is 17.0 Å². The smallest absolute Gasteiger partial charge is 0.0405 e. The fourth-order valence-electron chi connectivity index (χ4n) is 0.839. The van der Waals surface area contributed by atoms with E-state index in [0.717, 1.165) is 5.56 Å². The first-order valence-corrected chi connectivity index (χ1v) is 3.12. The number of para-hydroxylation sites is 1. The van der Waals surface area contributed by atoms with Crippen molar-refractivity contribution in [1.29, 1.82) is 5.41 Å². The number of benzene rings is 1. The summed E-state index contributed by atoms with van der Waals surface area (Å²) in [6.07, 6.45) is 0. The van der Waals surface area contributed by atoms with Gasteiger partial charge in [-0.3, -0.25) is 0 Å². The van der Waals surface area contributed by atoms with Crippen LogP contribution in [0.5, 0.6) is 0 Å². The molecule has 0 atom stereocenters. The highest BCUT2D eigenvalue weighted by Crippen LogP contribution is 2.09. The molecule has 0 aliphatic rings. The summed E-state index contributed by atoms with van der Waals surface area (Å²) >= 11 is 0. The van der Waals surface area contributed by atoms with E-state index in [2.05, 4.69) is 0 Å². The first-order valence-electron chi connectivity index (χ1n) is 3.12. The first kappa shape index (κ1) is 6.81. The molecule has 2 nitrogen and oxygen atoms in total. The van der Waals surface area contributed by atoms with Gasteiger partial charge in [-0.25, -0.2) is 0 Å². The molecule has 0 aliphatic heterocycles. The topological polar surface area (TPSA) is 49.9 Å². The molecule has 0 spiro atoms. The van der Waals surface area contributed by atoms with Crippen LogP contribution < -0.4 is 5.73 Å². The summed E-state index contributed by atoms with van der Waals surface area (Å²) in [7, 11) is 0. The Bertz CT molecular complexity index is 253. The van der Waals surface area contributed by atoms with E-state index in [1.807, 2.05) is 18.2 Å². The van der Waals surface area contributed by atoms with Crippen LogP contribution in [0.15, 0.2) is 24.3 Å². The quantitative estimate of drug-likeness (QED) is 0.445. The maximum absolute atomic E-state index is 7.30. The van der Waals surface area contributed by atoms with Gasteiger partial charge in [0.05, 0.1) is 0 Å². The zero-order valence-corrected chi connectivity index (χ0v) is 5.89. The molecule has 0 unspecified atom stereocenters. The molecular formula is C8H10N2. The molecule has 0 aromatic heterocycles. The van der Waals surface area contributed by atoms with Crippen molar-refractivity contribution in [1.82, 2.24) is 0 Å². The molecule has 0 saturated heterocycles. The van der Waals surface area contributed by atoms with Gasteiger partial charge in [-0.1, -0.05) is 18.2 Å². The van der Waals surface area contributed by atoms with Gasteiger partial charge in [0.15, 0.2) is 0 Å². The Labute approximate surface area is 60.2 Å². The number of anilines is 1. The van der Waals surface area contributed by atoms with Crippen LogP contribution in [0.1, 0.15) is 12.5 Å². The minimum Gasteiger partial charge on any atom is -0.398 e. The van der Waals surface area contributed by atoms with Crippen molar-refractivity contribution in [2.45, 2.75) is 6.92 Å². The second-order valence-electron chi connectivity index (χ2n) is 2.21. The molecule has 0 bridgehead atoms. The molecule has 1 aromatic carbocycles. The highest BCUT2D eigenvalue weighted by atomic mass is 14.6. The second-order valence-corrected chi connectivity index (χ2v) is 2.21. The zero-order chi connectivity index (χ0) is 7.56. The zero-order valence-electron chi connectivity index (χ0n) is 5.89. The van der Waals surface area contributed by atoms with Gasteiger partial charge in [0.2, 0.25) is 0 Å². The van der Waals surface area contributed by atoms with Crippen LogP contribution in [-0.2, 0) is 0 Å². The molecule has 0 aliphatic carbocycles. The van der Waals surface area contributed by atoms with Crippen molar-refractivity contribution >= 4 is 11.4 Å². The molecule has 1 rings (SSSR count). The van der Waals surface area contributed by atoms with E-state index in [1.165, 1.54) is 0 Å². The molecule has 2 heteroatoms. The lowest BCUT2D eigenvalue weighted by molar-refractivity contribution is 1.46. The summed E-state index contributed by atoms with van der Waals surface area (Å²) < 4.78 is 0. The van der Waals surface area contributed by atoms with Crippen molar-refractivity contribution in [3.63, 3.8) is 0 Å². The molecule has 3 N–H and O–H groups in total. The number of hydrogen-bond acceptors (Lipinski definition) is 2. The number of hydrogen-bond donors (Lipinski definition) is 2. The van der Waals surface area contributed by atoms with E-state index in [4.69, 9.17) is 11.1 Å². The number of rotatable bonds is 1. The van der Waals surface area contributed by atoms with E-state index < -0.39 is 0 Å². The Hall–Kier alpha value is -1.31. The summed E-state index contributed by atoms with van der Waals surface area (Å²) in [5, 5.41) is 7.30. The number of nitrogens with two attached hydrogens (primary N) is 1. The van der Waals surface area contributed by atoms with E-state index in [-0.39, 0.29) is 0 Å². The largest absolute Gasteiger partial charge is 0.398 e. The third-order valence-corrected chi connectivity index (χ3v) is 1.36. The van der Waals surface area contributed by atoms with Crippen LogP contribution in [0.2, 0.25) is 0 Å². The highest BCUT2D eigenvalue weighted by molar-refractivity contribution is 6.00. The van der Waals surface area contributed by atoms with Crippen molar-refractivity contribution < 1.29 is 0 Å². The van der Waals surface area contributed by atoms with Crippen LogP contribution in [0, 0.1) is 5.41 Å². The van der Waals surface area contributed by atoms with E-state index >= 15 is 0 Å². The molecule has 0 saturated carbocycles. The number of nitrogens with one attached hydrogen (secondary N) is 1. The average molecular weight is 134 g/mol. The lowest BCUT2D eigenvalue weighted by atomic mass is 10.1. The average Bonchev–Trinajstić information content (AvgIpc) is 1.88. The van der Waals surface area contributed by atoms with Gasteiger partial charge in [-0.15, -0.1) is 0 Å². The van der Waals surface area contributed by atoms with Crippen molar-refractivity contribution in [3.8, 4) is 0 Å². The van der Waals surface area contributed by atoms with Crippen LogP contribution >= 0.6 is 0 Å². The summed E-state index contributed by atoms with van der Waals surface area (Å²) in [5.74, 6) is 0. The van der Waals surface area contributed by atoms with E-state index in [9.17, 15) is 0 Å². The van der Waals surface area contributed by atoms with Crippen molar-refractivity contribution in [3.05, 3.63) is 29.8 Å². The summed E-state index contributed by atoms with van der Waals surface area (Å²) in [6.45, 7) is 1.73. The fourth-order valence-corrected chi connectivity index (χ4v) is 0.839. The Morgan fingerprint density at radius 1 is 1.40 bits per heavy atom. The fraction of sp³-hybridized carbons (Fsp3) is 0.125. The predicted molar refractivity (Wildman–Crippen MR) is 43.4 cm³/mol. The summed E-state index contributed by atoms with van der Waals surface area (Å²) in [5.41, 5.74) is 7.59. The van der Waals surface area contributed by atoms with E-state index in [0.29, 0.717) is 11.4 Å². The Balaban J connectivity index is 3.15. The maximum atomic E-state index is 7.30. The normalized spacial score (nSPS) is 9.30. The lowest BCUT2D eigenvalue weighted by Crippen LogP contribution is -1.97. The van der Waals surface area contributed by atoms with E-state index in [1.54, 1.807) is 13.0 Å². The van der Waals surface area contributed by atoms with Crippen molar-refractivity contribution in [2.75, 3.05) is 5.73 Å². The standard InChI is InChI=1S/C8H10N2/c1-6(9)7-4-2-3-5-8(7)10/h2-5,9H,10H2,1H3. The Morgan fingerprint density at radius 2 is 2.00 bits per heavy atom. The minimum atomic E-state index is 0.512. The van der Waals surface area contributed by atoms with Gasteiger partial charge >= 0.3 is 0 Å². The van der Waals surface area contributed by atoms with Crippen LogP contribution in [0.25, 0.3) is 0 Å². The molecule has 0 radical (unpaired) electrons. The van der Waals surface area contributed by atoms with Gasteiger partial charge in [0.1, 0.15) is 0 Å². The van der Waals surface area contributed by atoms with Crippen LogP contribution in [0.3, 0.4) is 0 Å². The predicted octanol–water partition coefficient (Wildman–Crippen LogP) is 1.66. The molecule has 0 amide bonds. The summed E-state index contributed by atoms with van der Waals surface area (Å²) in [6, 6.07) is 7.39. The van der Waals surface area contributed by atoms with Gasteiger partial charge in [0.25, 0.3) is 0 Å². The van der Waals surface area contributed by atoms with Gasteiger partial charge in [-0.2, -0.15) is 0 Å². The van der Waals surface area contributed by atoms with Gasteiger partial charge < -0.3 is 11.1 Å². The minimum absolute atomic E-state index is 0.512. The molecule has 1 aromatic rings. The van der Waals surface area contributed by atoms with Crippen molar-refractivity contribution in [2.24, 2.45) is 0 Å². The highest BCUT2D eigenvalue weighted by Gasteiger charge is 1.96. The lowest BCUT2D eigenvalue weighted by Gasteiger charge is -2.00. The third-order valence-electron chi connectivity index (χ3n) is 1.36. The molecular weight excluding hydrogens is 124 g/mol. The first-order chi connectivity index (χ1) is 4.72. The third kappa shape index (κ3) is 1.16. The molecule has 10 heavy (non-hydrogen) atoms. The number of nitrogen functional groups attached to an aromatic ring is 1. The molecule has 52 valence electrons. The Morgan fingerprint density at radius 3 is 2.40 bits per heavy atom. The second kappa shape index (κ2) is 2.52. The SMILES string of the molecule is CC(=N)c1ccccc1N.